The Morgan fingerprint density at radius 1 is 1.29 bits per heavy atom. The normalized spacial score (nSPS) is 38.4. The molecule has 24 heavy (non-hydrogen) atoms. The summed E-state index contributed by atoms with van der Waals surface area (Å²) in [5.74, 6) is 0.671. The predicted octanol–water partition coefficient (Wildman–Crippen LogP) is 3.51. The smallest absolute Gasteiger partial charge is 0.0804 e. The van der Waals surface area contributed by atoms with E-state index in [9.17, 15) is 15.3 Å². The van der Waals surface area contributed by atoms with Gasteiger partial charge in [0, 0.05) is 0 Å². The molecule has 1 fully saturated rings. The highest BCUT2D eigenvalue weighted by Crippen LogP contribution is 2.57. The van der Waals surface area contributed by atoms with Crippen molar-refractivity contribution in [3.63, 3.8) is 0 Å². The summed E-state index contributed by atoms with van der Waals surface area (Å²) in [7, 11) is 0. The lowest BCUT2D eigenvalue weighted by Crippen LogP contribution is -2.39. The summed E-state index contributed by atoms with van der Waals surface area (Å²) in [4.78, 5) is 0. The molecule has 3 aliphatic carbocycles. The summed E-state index contributed by atoms with van der Waals surface area (Å²) < 4.78 is 0. The predicted molar refractivity (Wildman–Crippen MR) is 96.4 cm³/mol. The Balaban J connectivity index is 1.78. The average molecular weight is 332 g/mol. The fourth-order valence-corrected chi connectivity index (χ4v) is 5.29. The number of hydrogen-bond acceptors (Lipinski definition) is 3. The fourth-order valence-electron chi connectivity index (χ4n) is 5.29. The molecular formula is C21H32O3. The van der Waals surface area contributed by atoms with Gasteiger partial charge in [0.1, 0.15) is 0 Å². The summed E-state index contributed by atoms with van der Waals surface area (Å²) in [5.41, 5.74) is 4.16. The van der Waals surface area contributed by atoms with Crippen molar-refractivity contribution in [2.24, 2.45) is 17.3 Å². The van der Waals surface area contributed by atoms with Gasteiger partial charge in [0.15, 0.2) is 0 Å². The molecule has 3 N–H and O–H groups in total. The highest BCUT2D eigenvalue weighted by atomic mass is 16.3. The van der Waals surface area contributed by atoms with Gasteiger partial charge in [0.05, 0.1) is 18.8 Å². The van der Waals surface area contributed by atoms with Crippen LogP contribution < -0.4 is 0 Å². The molecule has 5 atom stereocenters. The zero-order chi connectivity index (χ0) is 17.3. The molecule has 0 aromatic carbocycles. The molecule has 0 spiro atoms. The number of aliphatic hydroxyl groups is 3. The maximum atomic E-state index is 10.2. The van der Waals surface area contributed by atoms with Crippen LogP contribution in [0.1, 0.15) is 58.8 Å². The van der Waals surface area contributed by atoms with Crippen LogP contribution in [0.5, 0.6) is 0 Å². The second-order valence-electron chi connectivity index (χ2n) is 8.27. The standard InChI is InChI=1S/C21H32O3/c1-14-5-8-17(23)12-16(14)7-6-15-4-3-11-21(2)18(15)9-10-19(21)20(24)13-22/h4,6-7,17-20,22-24H,3,5,8-13H2,1-2H3/b7-6+/t17-,18+,19-,20-,21+/m1/s1. The molecule has 0 heterocycles. The fraction of sp³-hybridized carbons (Fsp3) is 0.714. The zero-order valence-electron chi connectivity index (χ0n) is 15.0. The number of allylic oxidation sites excluding steroid dienone is 5. The maximum Gasteiger partial charge on any atom is 0.0804 e. The minimum absolute atomic E-state index is 0.0894. The highest BCUT2D eigenvalue weighted by Gasteiger charge is 2.50. The van der Waals surface area contributed by atoms with E-state index in [0.29, 0.717) is 5.92 Å². The lowest BCUT2D eigenvalue weighted by Gasteiger charge is -2.42. The van der Waals surface area contributed by atoms with Crippen LogP contribution in [0.3, 0.4) is 0 Å². The Morgan fingerprint density at radius 3 is 2.83 bits per heavy atom. The van der Waals surface area contributed by atoms with Gasteiger partial charge in [-0.1, -0.05) is 30.7 Å². The molecule has 3 aliphatic rings. The third kappa shape index (κ3) is 3.26. The van der Waals surface area contributed by atoms with Crippen molar-refractivity contribution in [2.75, 3.05) is 6.61 Å². The van der Waals surface area contributed by atoms with Gasteiger partial charge >= 0.3 is 0 Å². The number of aliphatic hydroxyl groups excluding tert-OH is 3. The number of fused-ring (bicyclic) bond motifs is 1. The first-order chi connectivity index (χ1) is 11.5. The van der Waals surface area contributed by atoms with Gasteiger partial charge in [-0.3, -0.25) is 0 Å². The van der Waals surface area contributed by atoms with Gasteiger partial charge < -0.3 is 15.3 Å². The van der Waals surface area contributed by atoms with Gasteiger partial charge in [-0.25, -0.2) is 0 Å². The van der Waals surface area contributed by atoms with Crippen LogP contribution in [0.4, 0.5) is 0 Å². The quantitative estimate of drug-likeness (QED) is 0.738. The van der Waals surface area contributed by atoms with E-state index in [1.165, 1.54) is 16.7 Å². The van der Waals surface area contributed by atoms with E-state index in [2.05, 4.69) is 32.1 Å². The number of rotatable bonds is 4. The molecule has 0 aliphatic heterocycles. The Hall–Kier alpha value is -0.900. The van der Waals surface area contributed by atoms with Crippen LogP contribution in [0.25, 0.3) is 0 Å². The van der Waals surface area contributed by atoms with E-state index in [0.717, 1.165) is 44.9 Å². The summed E-state index contributed by atoms with van der Waals surface area (Å²) in [6.45, 7) is 4.34. The van der Waals surface area contributed by atoms with E-state index in [-0.39, 0.29) is 24.0 Å². The summed E-state index contributed by atoms with van der Waals surface area (Å²) in [5, 5.41) is 29.5. The Labute approximate surface area is 145 Å². The van der Waals surface area contributed by atoms with Crippen LogP contribution in [0, 0.1) is 17.3 Å². The SMILES string of the molecule is CC1=C(/C=C/C2=CCC[C@]3(C)[C@@H]([C@H](O)CO)CC[C@@H]23)C[C@H](O)CC1. The van der Waals surface area contributed by atoms with Gasteiger partial charge in [0.25, 0.3) is 0 Å². The average Bonchev–Trinajstić information content (AvgIpc) is 2.92. The van der Waals surface area contributed by atoms with Gasteiger partial charge in [-0.2, -0.15) is 0 Å². The van der Waals surface area contributed by atoms with Crippen LogP contribution in [0.2, 0.25) is 0 Å². The van der Waals surface area contributed by atoms with Crippen molar-refractivity contribution in [1.82, 2.24) is 0 Å². The first-order valence-corrected chi connectivity index (χ1v) is 9.49. The Morgan fingerprint density at radius 2 is 2.08 bits per heavy atom. The van der Waals surface area contributed by atoms with Crippen LogP contribution >= 0.6 is 0 Å². The molecule has 3 heteroatoms. The molecule has 0 aromatic heterocycles. The second kappa shape index (κ2) is 7.15. The minimum Gasteiger partial charge on any atom is -0.394 e. The van der Waals surface area contributed by atoms with Crippen molar-refractivity contribution >= 4 is 0 Å². The molecule has 0 amide bonds. The van der Waals surface area contributed by atoms with Crippen molar-refractivity contribution in [2.45, 2.75) is 71.0 Å². The molecule has 0 saturated heterocycles. The lowest BCUT2D eigenvalue weighted by molar-refractivity contribution is -0.00841. The van der Waals surface area contributed by atoms with Crippen molar-refractivity contribution in [3.8, 4) is 0 Å². The van der Waals surface area contributed by atoms with Gasteiger partial charge in [0.2, 0.25) is 0 Å². The molecule has 0 bridgehead atoms. The molecule has 134 valence electrons. The molecule has 0 aromatic rings. The van der Waals surface area contributed by atoms with Crippen molar-refractivity contribution < 1.29 is 15.3 Å². The lowest BCUT2D eigenvalue weighted by atomic mass is 9.64. The van der Waals surface area contributed by atoms with Crippen LogP contribution in [-0.4, -0.2) is 34.1 Å². The van der Waals surface area contributed by atoms with Gasteiger partial charge in [-0.05, 0) is 80.3 Å². The molecule has 1 saturated carbocycles. The van der Waals surface area contributed by atoms with Crippen molar-refractivity contribution in [1.29, 1.82) is 0 Å². The second-order valence-corrected chi connectivity index (χ2v) is 8.27. The topological polar surface area (TPSA) is 60.7 Å². The van der Waals surface area contributed by atoms with E-state index in [1.807, 2.05) is 0 Å². The monoisotopic (exact) mass is 332 g/mol. The first kappa shape index (κ1) is 17.9. The summed E-state index contributed by atoms with van der Waals surface area (Å²) in [6, 6.07) is 0. The first-order valence-electron chi connectivity index (χ1n) is 9.49. The molecule has 0 unspecified atom stereocenters. The summed E-state index contributed by atoms with van der Waals surface area (Å²) in [6.07, 6.45) is 12.9. The van der Waals surface area contributed by atoms with Crippen LogP contribution in [-0.2, 0) is 0 Å². The van der Waals surface area contributed by atoms with E-state index in [4.69, 9.17) is 0 Å². The number of hydrogen-bond donors (Lipinski definition) is 3. The van der Waals surface area contributed by atoms with Gasteiger partial charge in [-0.15, -0.1) is 0 Å². The maximum absolute atomic E-state index is 10.2. The van der Waals surface area contributed by atoms with E-state index < -0.39 is 6.10 Å². The highest BCUT2D eigenvalue weighted by molar-refractivity contribution is 5.36. The molecule has 0 radical (unpaired) electrons. The molecular weight excluding hydrogens is 300 g/mol. The third-order valence-electron chi connectivity index (χ3n) is 6.86. The van der Waals surface area contributed by atoms with Crippen LogP contribution in [0.15, 0.2) is 34.9 Å². The van der Waals surface area contributed by atoms with E-state index in [1.54, 1.807) is 0 Å². The molecule has 3 nitrogen and oxygen atoms in total. The summed E-state index contributed by atoms with van der Waals surface area (Å²) >= 11 is 0. The van der Waals surface area contributed by atoms with Crippen molar-refractivity contribution in [3.05, 3.63) is 34.9 Å². The third-order valence-corrected chi connectivity index (χ3v) is 6.86. The Kier molecular flexibility index (Phi) is 5.33. The Bertz CT molecular complexity index is 559. The molecule has 3 rings (SSSR count). The largest absolute Gasteiger partial charge is 0.394 e. The minimum atomic E-state index is -0.596. The zero-order valence-corrected chi connectivity index (χ0v) is 15.0. The van der Waals surface area contributed by atoms with E-state index >= 15 is 0 Å².